The summed E-state index contributed by atoms with van der Waals surface area (Å²) < 4.78 is 0. The van der Waals surface area contributed by atoms with Crippen molar-refractivity contribution in [1.82, 2.24) is 5.01 Å². The Bertz CT molecular complexity index is 329. The first kappa shape index (κ1) is 9.25. The van der Waals surface area contributed by atoms with Gasteiger partial charge < -0.3 is 0 Å². The van der Waals surface area contributed by atoms with Gasteiger partial charge in [0.05, 0.1) is 11.8 Å². The Morgan fingerprint density at radius 1 is 1.36 bits per heavy atom. The zero-order chi connectivity index (χ0) is 9.97. The Balaban J connectivity index is 2.19. The summed E-state index contributed by atoms with van der Waals surface area (Å²) in [5.74, 6) is 0. The minimum absolute atomic E-state index is 0.588. The van der Waals surface area contributed by atoms with Gasteiger partial charge in [0.2, 0.25) is 0 Å². The molecule has 1 aliphatic heterocycles. The van der Waals surface area contributed by atoms with Gasteiger partial charge in [0, 0.05) is 13.5 Å². The average Bonchev–Trinajstić information content (AvgIpc) is 2.61. The van der Waals surface area contributed by atoms with E-state index >= 15 is 0 Å². The smallest absolute Gasteiger partial charge is 0.0698 e. The van der Waals surface area contributed by atoms with Gasteiger partial charge in [-0.3, -0.25) is 5.01 Å². The summed E-state index contributed by atoms with van der Waals surface area (Å²) >= 11 is 0. The largest absolute Gasteiger partial charge is 0.296 e. The van der Waals surface area contributed by atoms with Crippen LogP contribution >= 0.6 is 0 Å². The van der Waals surface area contributed by atoms with Crippen LogP contribution in [0.15, 0.2) is 35.4 Å². The van der Waals surface area contributed by atoms with Gasteiger partial charge in [0.25, 0.3) is 0 Å². The molecular weight excluding hydrogens is 172 g/mol. The Hall–Kier alpha value is -1.31. The maximum absolute atomic E-state index is 4.56. The summed E-state index contributed by atoms with van der Waals surface area (Å²) in [5, 5.41) is 6.65. The van der Waals surface area contributed by atoms with Crippen LogP contribution in [0.3, 0.4) is 0 Å². The molecule has 0 aromatic heterocycles. The number of hydrogen-bond donors (Lipinski definition) is 0. The van der Waals surface area contributed by atoms with Crippen molar-refractivity contribution >= 4 is 5.71 Å². The molecule has 0 fully saturated rings. The Kier molecular flexibility index (Phi) is 2.53. The molecule has 1 aromatic carbocycles. The summed E-state index contributed by atoms with van der Waals surface area (Å²) in [7, 11) is 2.06. The molecule has 0 bridgehead atoms. The number of nitrogens with zero attached hydrogens (tertiary/aromatic N) is 2. The van der Waals surface area contributed by atoms with E-state index in [0.29, 0.717) is 6.04 Å². The molecule has 0 aliphatic carbocycles. The molecule has 2 nitrogen and oxygen atoms in total. The average molecular weight is 188 g/mol. The van der Waals surface area contributed by atoms with Gasteiger partial charge in [-0.1, -0.05) is 37.3 Å². The zero-order valence-corrected chi connectivity index (χ0v) is 8.77. The molecular formula is C12H16N2. The van der Waals surface area contributed by atoms with E-state index in [9.17, 15) is 0 Å². The van der Waals surface area contributed by atoms with Gasteiger partial charge in [0.15, 0.2) is 0 Å². The van der Waals surface area contributed by atoms with E-state index in [1.165, 1.54) is 11.3 Å². The molecule has 1 aromatic rings. The highest BCUT2D eigenvalue weighted by molar-refractivity contribution is 6.01. The first-order chi connectivity index (χ1) is 6.81. The number of benzene rings is 1. The third-order valence-corrected chi connectivity index (χ3v) is 2.81. The molecule has 0 spiro atoms. The van der Waals surface area contributed by atoms with E-state index in [0.717, 1.165) is 12.8 Å². The Morgan fingerprint density at radius 2 is 2.07 bits per heavy atom. The van der Waals surface area contributed by atoms with E-state index in [2.05, 4.69) is 48.3 Å². The van der Waals surface area contributed by atoms with Crippen molar-refractivity contribution in [2.75, 3.05) is 7.05 Å². The number of hydrogen-bond acceptors (Lipinski definition) is 2. The minimum atomic E-state index is 0.588. The van der Waals surface area contributed by atoms with Gasteiger partial charge >= 0.3 is 0 Å². The van der Waals surface area contributed by atoms with Crippen LogP contribution in [0.1, 0.15) is 25.3 Å². The molecule has 2 heteroatoms. The van der Waals surface area contributed by atoms with Crippen molar-refractivity contribution in [3.8, 4) is 0 Å². The highest BCUT2D eigenvalue weighted by Crippen LogP contribution is 2.19. The standard InChI is InChI=1S/C12H16N2/c1-3-11-9-12(13-14(11)2)10-7-5-4-6-8-10/h4-8,11H,3,9H2,1-2H3. The van der Waals surface area contributed by atoms with Crippen LogP contribution in [0.4, 0.5) is 0 Å². The van der Waals surface area contributed by atoms with Crippen LogP contribution in [0.2, 0.25) is 0 Å². The highest BCUT2D eigenvalue weighted by Gasteiger charge is 2.22. The van der Waals surface area contributed by atoms with Crippen LogP contribution in [0.25, 0.3) is 0 Å². The molecule has 1 heterocycles. The summed E-state index contributed by atoms with van der Waals surface area (Å²) in [6, 6.07) is 11.0. The summed E-state index contributed by atoms with van der Waals surface area (Å²) in [6.07, 6.45) is 2.24. The van der Waals surface area contributed by atoms with Gasteiger partial charge in [0.1, 0.15) is 0 Å². The second-order valence-electron chi connectivity index (χ2n) is 3.75. The number of rotatable bonds is 2. The van der Waals surface area contributed by atoms with E-state index < -0.39 is 0 Å². The van der Waals surface area contributed by atoms with Crippen molar-refractivity contribution in [3.05, 3.63) is 35.9 Å². The zero-order valence-electron chi connectivity index (χ0n) is 8.77. The van der Waals surface area contributed by atoms with Gasteiger partial charge in [-0.2, -0.15) is 5.10 Å². The maximum atomic E-state index is 4.56. The second-order valence-corrected chi connectivity index (χ2v) is 3.75. The fourth-order valence-corrected chi connectivity index (χ4v) is 1.88. The SMILES string of the molecule is CCC1CC(c2ccccc2)=NN1C. The van der Waals surface area contributed by atoms with Crippen LogP contribution in [-0.4, -0.2) is 23.8 Å². The molecule has 0 saturated carbocycles. The van der Waals surface area contributed by atoms with E-state index in [4.69, 9.17) is 0 Å². The van der Waals surface area contributed by atoms with Gasteiger partial charge in [-0.05, 0) is 12.0 Å². The first-order valence-electron chi connectivity index (χ1n) is 5.17. The molecule has 0 amide bonds. The predicted octanol–water partition coefficient (Wildman–Crippen LogP) is 2.50. The molecule has 0 N–H and O–H groups in total. The van der Waals surface area contributed by atoms with Crippen molar-refractivity contribution in [2.24, 2.45) is 5.10 Å². The van der Waals surface area contributed by atoms with Crippen molar-refractivity contribution in [3.63, 3.8) is 0 Å². The summed E-state index contributed by atoms with van der Waals surface area (Å²) in [6.45, 7) is 2.21. The highest BCUT2D eigenvalue weighted by atomic mass is 15.5. The Labute approximate surface area is 85.2 Å². The van der Waals surface area contributed by atoms with Gasteiger partial charge in [-0.15, -0.1) is 0 Å². The lowest BCUT2D eigenvalue weighted by Crippen LogP contribution is -2.20. The number of hydrazone groups is 1. The van der Waals surface area contributed by atoms with Crippen LogP contribution in [0.5, 0.6) is 0 Å². The molecule has 2 rings (SSSR count). The topological polar surface area (TPSA) is 15.6 Å². The lowest BCUT2D eigenvalue weighted by atomic mass is 10.0. The molecule has 1 unspecified atom stereocenters. The van der Waals surface area contributed by atoms with Gasteiger partial charge in [-0.25, -0.2) is 0 Å². The Morgan fingerprint density at radius 3 is 2.64 bits per heavy atom. The molecule has 0 saturated heterocycles. The molecule has 74 valence electrons. The van der Waals surface area contributed by atoms with Crippen LogP contribution in [0, 0.1) is 0 Å². The third kappa shape index (κ3) is 1.65. The maximum Gasteiger partial charge on any atom is 0.0698 e. The van der Waals surface area contributed by atoms with Crippen LogP contribution in [-0.2, 0) is 0 Å². The monoisotopic (exact) mass is 188 g/mol. The normalized spacial score (nSPS) is 21.1. The molecule has 14 heavy (non-hydrogen) atoms. The summed E-state index contributed by atoms with van der Waals surface area (Å²) in [4.78, 5) is 0. The minimum Gasteiger partial charge on any atom is -0.296 e. The van der Waals surface area contributed by atoms with Crippen molar-refractivity contribution < 1.29 is 0 Å². The van der Waals surface area contributed by atoms with Crippen molar-refractivity contribution in [1.29, 1.82) is 0 Å². The van der Waals surface area contributed by atoms with E-state index in [-0.39, 0.29) is 0 Å². The van der Waals surface area contributed by atoms with E-state index in [1.807, 2.05) is 6.07 Å². The fourth-order valence-electron chi connectivity index (χ4n) is 1.88. The second kappa shape index (κ2) is 3.82. The summed E-state index contributed by atoms with van der Waals surface area (Å²) in [5.41, 5.74) is 2.48. The molecule has 1 atom stereocenters. The molecule has 1 aliphatic rings. The molecule has 0 radical (unpaired) electrons. The lowest BCUT2D eigenvalue weighted by molar-refractivity contribution is 0.278. The third-order valence-electron chi connectivity index (χ3n) is 2.81. The van der Waals surface area contributed by atoms with Crippen molar-refractivity contribution in [2.45, 2.75) is 25.8 Å². The van der Waals surface area contributed by atoms with Crippen LogP contribution < -0.4 is 0 Å². The van der Waals surface area contributed by atoms with E-state index in [1.54, 1.807) is 0 Å². The quantitative estimate of drug-likeness (QED) is 0.696. The first-order valence-corrected chi connectivity index (χ1v) is 5.17. The lowest BCUT2D eigenvalue weighted by Gasteiger charge is -2.15. The fraction of sp³-hybridized carbons (Fsp3) is 0.417. The predicted molar refractivity (Wildman–Crippen MR) is 59.4 cm³/mol.